The molecule has 0 unspecified atom stereocenters. The van der Waals surface area contributed by atoms with Crippen molar-refractivity contribution in [1.29, 1.82) is 0 Å². The van der Waals surface area contributed by atoms with Crippen LogP contribution in [0.4, 0.5) is 0 Å². The first-order valence-corrected chi connectivity index (χ1v) is 8.63. The summed E-state index contributed by atoms with van der Waals surface area (Å²) in [5.41, 5.74) is 4.36. The van der Waals surface area contributed by atoms with Crippen molar-refractivity contribution in [3.8, 4) is 5.82 Å². The fraction of sp³-hybridized carbons (Fsp3) is 0.250. The number of nitrogens with one attached hydrogen (secondary N) is 2. The van der Waals surface area contributed by atoms with E-state index in [0.717, 1.165) is 35.3 Å². The number of guanidine groups is 1. The quantitative estimate of drug-likeness (QED) is 0.550. The van der Waals surface area contributed by atoms with Gasteiger partial charge < -0.3 is 10.6 Å². The van der Waals surface area contributed by atoms with Crippen molar-refractivity contribution < 1.29 is 0 Å². The molecule has 3 aromatic rings. The Labute approximate surface area is 154 Å². The van der Waals surface area contributed by atoms with Gasteiger partial charge in [-0.3, -0.25) is 4.99 Å². The topological polar surface area (TPSA) is 67.1 Å². The molecule has 26 heavy (non-hydrogen) atoms. The molecule has 0 aliphatic heterocycles. The smallest absolute Gasteiger partial charge is 0.191 e. The summed E-state index contributed by atoms with van der Waals surface area (Å²) in [5.74, 6) is 1.59. The Balaban J connectivity index is 1.56. The van der Waals surface area contributed by atoms with Gasteiger partial charge in [0.25, 0.3) is 0 Å². The van der Waals surface area contributed by atoms with Gasteiger partial charge in [-0.05, 0) is 37.1 Å². The van der Waals surface area contributed by atoms with Gasteiger partial charge in [-0.25, -0.2) is 9.67 Å². The number of pyridine rings is 1. The number of rotatable bonds is 5. The molecule has 2 heterocycles. The zero-order valence-electron chi connectivity index (χ0n) is 15.4. The normalized spacial score (nSPS) is 11.4. The van der Waals surface area contributed by atoms with Crippen LogP contribution in [0, 0.1) is 13.8 Å². The summed E-state index contributed by atoms with van der Waals surface area (Å²) in [6.45, 7) is 5.39. The number of aliphatic imine (C=N–C) groups is 1. The van der Waals surface area contributed by atoms with Crippen molar-refractivity contribution in [3.05, 3.63) is 77.2 Å². The van der Waals surface area contributed by atoms with Gasteiger partial charge in [0.2, 0.25) is 0 Å². The lowest BCUT2D eigenvalue weighted by atomic mass is 10.2. The highest BCUT2D eigenvalue weighted by atomic mass is 15.3. The number of aryl methyl sites for hydroxylation is 2. The predicted molar refractivity (Wildman–Crippen MR) is 104 cm³/mol. The molecule has 0 aliphatic rings. The average molecular weight is 348 g/mol. The Bertz CT molecular complexity index is 865. The van der Waals surface area contributed by atoms with Gasteiger partial charge in [0.05, 0.1) is 5.69 Å². The maximum Gasteiger partial charge on any atom is 0.191 e. The van der Waals surface area contributed by atoms with Crippen LogP contribution in [0.5, 0.6) is 0 Å². The minimum absolute atomic E-state index is 0.652. The summed E-state index contributed by atoms with van der Waals surface area (Å²) in [5, 5.41) is 11.1. The molecule has 0 aliphatic carbocycles. The molecule has 0 fully saturated rings. The summed E-state index contributed by atoms with van der Waals surface area (Å²) in [6.07, 6.45) is 1.86. The van der Waals surface area contributed by atoms with Crippen LogP contribution in [0.15, 0.2) is 59.7 Å². The Kier molecular flexibility index (Phi) is 5.63. The summed E-state index contributed by atoms with van der Waals surface area (Å²) >= 11 is 0. The molecule has 1 aromatic carbocycles. The molecular formula is C20H24N6. The molecule has 0 amide bonds. The lowest BCUT2D eigenvalue weighted by Gasteiger charge is -2.12. The standard InChI is InChI=1S/C20H24N6/c1-15-11-16(2)26(25-15)19-10-9-18(13-22-19)14-24-20(21-3)23-12-17-7-5-4-6-8-17/h4-11,13H,12,14H2,1-3H3,(H2,21,23,24). The van der Waals surface area contributed by atoms with Gasteiger partial charge >= 0.3 is 0 Å². The van der Waals surface area contributed by atoms with Gasteiger partial charge in [0, 0.05) is 32.0 Å². The van der Waals surface area contributed by atoms with Crippen molar-refractivity contribution in [2.75, 3.05) is 7.05 Å². The van der Waals surface area contributed by atoms with Gasteiger partial charge in [0.1, 0.15) is 0 Å². The van der Waals surface area contributed by atoms with E-state index in [4.69, 9.17) is 0 Å². The van der Waals surface area contributed by atoms with Crippen molar-refractivity contribution in [1.82, 2.24) is 25.4 Å². The first-order valence-electron chi connectivity index (χ1n) is 8.63. The highest BCUT2D eigenvalue weighted by Gasteiger charge is 2.05. The molecular weight excluding hydrogens is 324 g/mol. The maximum absolute atomic E-state index is 4.52. The summed E-state index contributed by atoms with van der Waals surface area (Å²) < 4.78 is 1.85. The molecule has 2 N–H and O–H groups in total. The van der Waals surface area contributed by atoms with Crippen LogP contribution in [0.25, 0.3) is 5.82 Å². The van der Waals surface area contributed by atoms with Crippen molar-refractivity contribution in [2.24, 2.45) is 4.99 Å². The maximum atomic E-state index is 4.52. The second-order valence-electron chi connectivity index (χ2n) is 6.13. The molecule has 0 bridgehead atoms. The zero-order chi connectivity index (χ0) is 18.4. The number of nitrogens with zero attached hydrogens (tertiary/aromatic N) is 4. The molecule has 6 heteroatoms. The second kappa shape index (κ2) is 8.29. The third kappa shape index (κ3) is 4.47. The van der Waals surface area contributed by atoms with Crippen molar-refractivity contribution >= 4 is 5.96 Å². The van der Waals surface area contributed by atoms with Crippen LogP contribution in [0.1, 0.15) is 22.5 Å². The Morgan fingerprint density at radius 3 is 2.31 bits per heavy atom. The van der Waals surface area contributed by atoms with Crippen LogP contribution in [-0.4, -0.2) is 27.8 Å². The molecule has 134 valence electrons. The minimum Gasteiger partial charge on any atom is -0.352 e. The van der Waals surface area contributed by atoms with Crippen LogP contribution in [-0.2, 0) is 13.1 Å². The Morgan fingerprint density at radius 1 is 1.00 bits per heavy atom. The van der Waals surface area contributed by atoms with E-state index in [9.17, 15) is 0 Å². The molecule has 0 saturated carbocycles. The molecule has 2 aromatic heterocycles. The largest absolute Gasteiger partial charge is 0.352 e. The van der Waals surface area contributed by atoms with Gasteiger partial charge in [-0.15, -0.1) is 0 Å². The molecule has 3 rings (SSSR count). The Hall–Kier alpha value is -3.15. The van der Waals surface area contributed by atoms with Crippen LogP contribution in [0.2, 0.25) is 0 Å². The van der Waals surface area contributed by atoms with Gasteiger partial charge in [-0.1, -0.05) is 36.4 Å². The molecule has 0 saturated heterocycles. The van der Waals surface area contributed by atoms with Crippen molar-refractivity contribution in [3.63, 3.8) is 0 Å². The summed E-state index contributed by atoms with van der Waals surface area (Å²) in [4.78, 5) is 8.78. The first kappa shape index (κ1) is 17.7. The summed E-state index contributed by atoms with van der Waals surface area (Å²) in [6, 6.07) is 16.3. The SMILES string of the molecule is CN=C(NCc1ccccc1)NCc1ccc(-n2nc(C)cc2C)nc1. The van der Waals surface area contributed by atoms with E-state index < -0.39 is 0 Å². The lowest BCUT2D eigenvalue weighted by Crippen LogP contribution is -2.36. The van der Waals surface area contributed by atoms with E-state index in [1.54, 1.807) is 7.05 Å². The number of hydrogen-bond acceptors (Lipinski definition) is 3. The van der Waals surface area contributed by atoms with Crippen LogP contribution < -0.4 is 10.6 Å². The number of hydrogen-bond donors (Lipinski definition) is 2. The van der Waals surface area contributed by atoms with E-state index in [-0.39, 0.29) is 0 Å². The molecule has 0 radical (unpaired) electrons. The van der Waals surface area contributed by atoms with Crippen LogP contribution in [0.3, 0.4) is 0 Å². The molecule has 0 spiro atoms. The number of aromatic nitrogens is 3. The van der Waals surface area contributed by atoms with Gasteiger partial charge in [-0.2, -0.15) is 5.10 Å². The van der Waals surface area contributed by atoms with Gasteiger partial charge in [0.15, 0.2) is 11.8 Å². The molecule has 6 nitrogen and oxygen atoms in total. The van der Waals surface area contributed by atoms with E-state index >= 15 is 0 Å². The third-order valence-corrected chi connectivity index (χ3v) is 4.02. The fourth-order valence-corrected chi connectivity index (χ4v) is 2.70. The monoisotopic (exact) mass is 348 g/mol. The third-order valence-electron chi connectivity index (χ3n) is 4.02. The van der Waals surface area contributed by atoms with E-state index in [2.05, 4.69) is 43.9 Å². The number of benzene rings is 1. The fourth-order valence-electron chi connectivity index (χ4n) is 2.70. The van der Waals surface area contributed by atoms with E-state index in [1.165, 1.54) is 5.56 Å². The first-order chi connectivity index (χ1) is 12.7. The highest BCUT2D eigenvalue weighted by Crippen LogP contribution is 2.10. The van der Waals surface area contributed by atoms with Crippen LogP contribution >= 0.6 is 0 Å². The molecule has 0 atom stereocenters. The highest BCUT2D eigenvalue weighted by molar-refractivity contribution is 5.79. The van der Waals surface area contributed by atoms with E-state index in [1.807, 2.05) is 55.1 Å². The average Bonchev–Trinajstić information content (AvgIpc) is 3.01. The predicted octanol–water partition coefficient (Wildman–Crippen LogP) is 2.75. The van der Waals surface area contributed by atoms with Crippen molar-refractivity contribution in [2.45, 2.75) is 26.9 Å². The zero-order valence-corrected chi connectivity index (χ0v) is 15.4. The second-order valence-corrected chi connectivity index (χ2v) is 6.13. The lowest BCUT2D eigenvalue weighted by molar-refractivity contribution is 0.790. The van der Waals surface area contributed by atoms with E-state index in [0.29, 0.717) is 6.54 Å². The minimum atomic E-state index is 0.652. The summed E-state index contributed by atoms with van der Waals surface area (Å²) in [7, 11) is 1.77. The Morgan fingerprint density at radius 2 is 1.73 bits per heavy atom.